The Morgan fingerprint density at radius 1 is 1.32 bits per heavy atom. The van der Waals surface area contributed by atoms with Gasteiger partial charge in [-0.2, -0.15) is 0 Å². The van der Waals surface area contributed by atoms with Gasteiger partial charge in [-0.05, 0) is 34.5 Å². The number of halogens is 2. The molecule has 0 aliphatic heterocycles. The highest BCUT2D eigenvalue weighted by atomic mass is 79.9. The van der Waals surface area contributed by atoms with Gasteiger partial charge in [0.05, 0.1) is 14.2 Å². The van der Waals surface area contributed by atoms with Crippen molar-refractivity contribution in [3.63, 3.8) is 0 Å². The van der Waals surface area contributed by atoms with Crippen molar-refractivity contribution in [1.29, 1.82) is 0 Å². The maximum Gasteiger partial charge on any atom is 0.251 e. The van der Waals surface area contributed by atoms with E-state index in [-0.39, 0.29) is 24.4 Å². The van der Waals surface area contributed by atoms with Crippen LogP contribution >= 0.6 is 28.3 Å². The van der Waals surface area contributed by atoms with E-state index in [1.165, 1.54) is 0 Å². The number of ether oxygens (including phenoxy) is 2. The van der Waals surface area contributed by atoms with Crippen LogP contribution in [-0.2, 0) is 0 Å². The largest absolute Gasteiger partial charge is 0.495 e. The second kappa shape index (κ2) is 10.7. The Kier molecular flexibility index (Phi) is 10.2. The number of nitrogens with one attached hydrogen (secondary N) is 1. The Hall–Kier alpha value is -0.980. The fourth-order valence-corrected chi connectivity index (χ4v) is 2.52. The summed E-state index contributed by atoms with van der Waals surface area (Å²) in [7, 11) is 3.09. The molecule has 1 atom stereocenters. The molecule has 7 heteroatoms. The monoisotopic (exact) mass is 394 g/mol. The van der Waals surface area contributed by atoms with E-state index in [0.29, 0.717) is 28.1 Å². The van der Waals surface area contributed by atoms with Crippen molar-refractivity contribution in [2.24, 2.45) is 5.73 Å². The standard InChI is InChI=1S/C15H23BrN2O3.ClH/c1-4-5-6-11(9-17)18-15(19)10-7-12(20-2)14(16)13(8-10)21-3;/h7-8,11H,4-6,9,17H2,1-3H3,(H,18,19);1H. The molecular weight excluding hydrogens is 372 g/mol. The number of nitrogens with two attached hydrogens (primary N) is 1. The molecular formula is C15H24BrClN2O3. The summed E-state index contributed by atoms with van der Waals surface area (Å²) in [5, 5.41) is 2.95. The molecule has 1 aromatic carbocycles. The van der Waals surface area contributed by atoms with Crippen molar-refractivity contribution in [3.8, 4) is 11.5 Å². The van der Waals surface area contributed by atoms with Gasteiger partial charge >= 0.3 is 0 Å². The van der Waals surface area contributed by atoms with E-state index in [2.05, 4.69) is 28.2 Å². The van der Waals surface area contributed by atoms with Crippen molar-refractivity contribution in [2.75, 3.05) is 20.8 Å². The van der Waals surface area contributed by atoms with E-state index < -0.39 is 0 Å². The van der Waals surface area contributed by atoms with Gasteiger partial charge in [0.1, 0.15) is 16.0 Å². The lowest BCUT2D eigenvalue weighted by Crippen LogP contribution is -2.40. The minimum absolute atomic E-state index is 0. The molecule has 0 bridgehead atoms. The second-order valence-corrected chi connectivity index (χ2v) is 5.54. The first-order valence-corrected chi connectivity index (χ1v) is 7.79. The maximum atomic E-state index is 12.3. The van der Waals surface area contributed by atoms with E-state index >= 15 is 0 Å². The fourth-order valence-electron chi connectivity index (χ4n) is 1.97. The molecule has 1 amide bonds. The molecule has 1 unspecified atom stereocenters. The van der Waals surface area contributed by atoms with Crippen LogP contribution in [0, 0.1) is 0 Å². The summed E-state index contributed by atoms with van der Waals surface area (Å²) in [6, 6.07) is 3.34. The zero-order valence-electron chi connectivity index (χ0n) is 13.1. The SMILES string of the molecule is CCCCC(CN)NC(=O)c1cc(OC)c(Br)c(OC)c1.Cl. The summed E-state index contributed by atoms with van der Waals surface area (Å²) in [4.78, 5) is 12.3. The van der Waals surface area contributed by atoms with Gasteiger partial charge in [-0.15, -0.1) is 12.4 Å². The highest BCUT2D eigenvalue weighted by Crippen LogP contribution is 2.35. The third kappa shape index (κ3) is 5.66. The first-order valence-electron chi connectivity index (χ1n) is 6.99. The number of benzene rings is 1. The Labute approximate surface area is 146 Å². The van der Waals surface area contributed by atoms with Crippen LogP contribution in [0.15, 0.2) is 16.6 Å². The Morgan fingerprint density at radius 3 is 2.27 bits per heavy atom. The predicted molar refractivity (Wildman–Crippen MR) is 94.3 cm³/mol. The highest BCUT2D eigenvalue weighted by Gasteiger charge is 2.17. The van der Waals surface area contributed by atoms with Gasteiger partial charge < -0.3 is 20.5 Å². The van der Waals surface area contributed by atoms with Gasteiger partial charge in [0, 0.05) is 18.2 Å². The molecule has 0 spiro atoms. The van der Waals surface area contributed by atoms with Crippen molar-refractivity contribution in [3.05, 3.63) is 22.2 Å². The lowest BCUT2D eigenvalue weighted by molar-refractivity contribution is 0.0935. The van der Waals surface area contributed by atoms with Crippen LogP contribution in [0.25, 0.3) is 0 Å². The van der Waals surface area contributed by atoms with Gasteiger partial charge in [-0.3, -0.25) is 4.79 Å². The molecule has 0 saturated heterocycles. The minimum atomic E-state index is -0.175. The topological polar surface area (TPSA) is 73.6 Å². The zero-order chi connectivity index (χ0) is 15.8. The molecule has 22 heavy (non-hydrogen) atoms. The first kappa shape index (κ1) is 21.0. The quantitative estimate of drug-likeness (QED) is 0.709. The van der Waals surface area contributed by atoms with Crippen molar-refractivity contribution >= 4 is 34.2 Å². The number of amides is 1. The average Bonchev–Trinajstić information content (AvgIpc) is 2.51. The molecule has 3 N–H and O–H groups in total. The first-order chi connectivity index (χ1) is 10.1. The molecule has 0 heterocycles. The lowest BCUT2D eigenvalue weighted by Gasteiger charge is -2.17. The number of rotatable bonds is 8. The molecule has 0 aromatic heterocycles. The molecule has 0 radical (unpaired) electrons. The van der Waals surface area contributed by atoms with Crippen molar-refractivity contribution in [2.45, 2.75) is 32.2 Å². The smallest absolute Gasteiger partial charge is 0.251 e. The lowest BCUT2D eigenvalue weighted by atomic mass is 10.1. The summed E-state index contributed by atoms with van der Waals surface area (Å²) in [5.41, 5.74) is 6.19. The molecule has 1 aromatic rings. The summed E-state index contributed by atoms with van der Waals surface area (Å²) in [6.45, 7) is 2.54. The average molecular weight is 396 g/mol. The van der Waals surface area contributed by atoms with Gasteiger partial charge in [0.2, 0.25) is 0 Å². The minimum Gasteiger partial charge on any atom is -0.495 e. The van der Waals surface area contributed by atoms with Gasteiger partial charge in [0.25, 0.3) is 5.91 Å². The van der Waals surface area contributed by atoms with Crippen LogP contribution in [-0.4, -0.2) is 32.7 Å². The number of hydrogen-bond donors (Lipinski definition) is 2. The van der Waals surface area contributed by atoms with Crippen molar-refractivity contribution < 1.29 is 14.3 Å². The third-order valence-corrected chi connectivity index (χ3v) is 4.02. The molecule has 5 nitrogen and oxygen atoms in total. The van der Waals surface area contributed by atoms with Crippen LogP contribution in [0.2, 0.25) is 0 Å². The van der Waals surface area contributed by atoms with Crippen LogP contribution in [0.3, 0.4) is 0 Å². The van der Waals surface area contributed by atoms with E-state index in [0.717, 1.165) is 19.3 Å². The molecule has 0 aliphatic rings. The fraction of sp³-hybridized carbons (Fsp3) is 0.533. The van der Waals surface area contributed by atoms with E-state index in [1.807, 2.05) is 0 Å². The molecule has 1 rings (SSSR count). The van der Waals surface area contributed by atoms with Gasteiger partial charge in [0.15, 0.2) is 0 Å². The van der Waals surface area contributed by atoms with Crippen LogP contribution in [0.4, 0.5) is 0 Å². The zero-order valence-corrected chi connectivity index (χ0v) is 15.6. The normalized spacial score (nSPS) is 11.3. The van der Waals surface area contributed by atoms with Crippen LogP contribution in [0.1, 0.15) is 36.5 Å². The second-order valence-electron chi connectivity index (χ2n) is 4.74. The van der Waals surface area contributed by atoms with Crippen molar-refractivity contribution in [1.82, 2.24) is 5.32 Å². The molecule has 0 fully saturated rings. The number of unbranched alkanes of at least 4 members (excludes halogenated alkanes) is 1. The number of hydrogen-bond acceptors (Lipinski definition) is 4. The van der Waals surface area contributed by atoms with E-state index in [9.17, 15) is 4.79 Å². The summed E-state index contributed by atoms with van der Waals surface area (Å²) in [6.07, 6.45) is 2.99. The van der Waals surface area contributed by atoms with E-state index in [1.54, 1.807) is 26.4 Å². The maximum absolute atomic E-state index is 12.3. The van der Waals surface area contributed by atoms with E-state index in [4.69, 9.17) is 15.2 Å². The third-order valence-electron chi connectivity index (χ3n) is 3.23. The number of carbonyl (C=O) groups excluding carboxylic acids is 1. The Bertz CT molecular complexity index is 461. The summed E-state index contributed by atoms with van der Waals surface area (Å²) >= 11 is 3.38. The molecule has 126 valence electrons. The number of carbonyl (C=O) groups is 1. The predicted octanol–water partition coefficient (Wildman–Crippen LogP) is 3.14. The molecule has 0 saturated carbocycles. The van der Waals surface area contributed by atoms with Gasteiger partial charge in [-0.25, -0.2) is 0 Å². The molecule has 0 aliphatic carbocycles. The van der Waals surface area contributed by atoms with Crippen LogP contribution in [0.5, 0.6) is 11.5 Å². The highest BCUT2D eigenvalue weighted by molar-refractivity contribution is 9.10. The van der Waals surface area contributed by atoms with Gasteiger partial charge in [-0.1, -0.05) is 19.8 Å². The Morgan fingerprint density at radius 2 is 1.86 bits per heavy atom. The summed E-state index contributed by atoms with van der Waals surface area (Å²) in [5.74, 6) is 0.931. The summed E-state index contributed by atoms with van der Waals surface area (Å²) < 4.78 is 11.2. The van der Waals surface area contributed by atoms with Crippen LogP contribution < -0.4 is 20.5 Å². The number of methoxy groups -OCH3 is 2. The Balaban J connectivity index is 0.00000441.